The van der Waals surface area contributed by atoms with E-state index in [0.717, 1.165) is 12.0 Å². The maximum atomic E-state index is 10.8. The standard InChI is InChI=1S/C15H24N2O4/c18-9-5-4-8-16-11-14(19)13(17-15(20)21)10-12-6-2-1-3-7-12/h1-3,6-7,13-14,16-19H,4-5,8-11H2,(H,20,21)/t13-,14-/m0/s1. The van der Waals surface area contributed by atoms with Crippen LogP contribution in [0.4, 0.5) is 4.79 Å². The number of unbranched alkanes of at least 4 members (excludes halogenated alkanes) is 1. The Labute approximate surface area is 124 Å². The molecule has 0 aliphatic heterocycles. The largest absolute Gasteiger partial charge is 0.465 e. The summed E-state index contributed by atoms with van der Waals surface area (Å²) in [5.41, 5.74) is 0.968. The second kappa shape index (κ2) is 10.1. The minimum absolute atomic E-state index is 0.154. The summed E-state index contributed by atoms with van der Waals surface area (Å²) in [5, 5.41) is 33.1. The predicted molar refractivity (Wildman–Crippen MR) is 80.3 cm³/mol. The number of hydrogen-bond acceptors (Lipinski definition) is 4. The topological polar surface area (TPSA) is 102 Å². The van der Waals surface area contributed by atoms with Crippen molar-refractivity contribution in [3.05, 3.63) is 35.9 Å². The highest BCUT2D eigenvalue weighted by molar-refractivity contribution is 5.65. The normalized spacial score (nSPS) is 13.6. The third-order valence-corrected chi connectivity index (χ3v) is 3.19. The molecule has 118 valence electrons. The average molecular weight is 296 g/mol. The number of amides is 1. The van der Waals surface area contributed by atoms with Crippen LogP contribution in [0.25, 0.3) is 0 Å². The van der Waals surface area contributed by atoms with Gasteiger partial charge in [0.25, 0.3) is 0 Å². The number of benzene rings is 1. The van der Waals surface area contributed by atoms with Crippen LogP contribution in [0.5, 0.6) is 0 Å². The molecule has 0 aliphatic rings. The highest BCUT2D eigenvalue weighted by Crippen LogP contribution is 2.06. The van der Waals surface area contributed by atoms with E-state index in [4.69, 9.17) is 10.2 Å². The molecule has 1 aromatic carbocycles. The molecular weight excluding hydrogens is 272 g/mol. The van der Waals surface area contributed by atoms with Crippen molar-refractivity contribution in [2.45, 2.75) is 31.4 Å². The molecule has 1 amide bonds. The summed E-state index contributed by atoms with van der Waals surface area (Å²) < 4.78 is 0. The van der Waals surface area contributed by atoms with Crippen molar-refractivity contribution in [1.82, 2.24) is 10.6 Å². The van der Waals surface area contributed by atoms with Gasteiger partial charge in [0.1, 0.15) is 0 Å². The van der Waals surface area contributed by atoms with Crippen LogP contribution < -0.4 is 10.6 Å². The molecule has 6 nitrogen and oxygen atoms in total. The fourth-order valence-corrected chi connectivity index (χ4v) is 2.06. The van der Waals surface area contributed by atoms with Gasteiger partial charge in [-0.3, -0.25) is 0 Å². The van der Waals surface area contributed by atoms with Crippen LogP contribution in [0.2, 0.25) is 0 Å². The van der Waals surface area contributed by atoms with Gasteiger partial charge in [0.2, 0.25) is 0 Å². The minimum atomic E-state index is -1.14. The summed E-state index contributed by atoms with van der Waals surface area (Å²) in [6.45, 7) is 1.15. The zero-order valence-electron chi connectivity index (χ0n) is 12.0. The van der Waals surface area contributed by atoms with E-state index in [0.29, 0.717) is 25.9 Å². The third kappa shape index (κ3) is 7.65. The molecular formula is C15H24N2O4. The molecule has 0 radical (unpaired) electrons. The third-order valence-electron chi connectivity index (χ3n) is 3.19. The van der Waals surface area contributed by atoms with Crippen LogP contribution in [0.1, 0.15) is 18.4 Å². The van der Waals surface area contributed by atoms with Gasteiger partial charge < -0.3 is 26.0 Å². The van der Waals surface area contributed by atoms with Gasteiger partial charge >= 0.3 is 6.09 Å². The molecule has 0 heterocycles. The average Bonchev–Trinajstić information content (AvgIpc) is 2.47. The van der Waals surface area contributed by atoms with Crippen molar-refractivity contribution in [2.75, 3.05) is 19.7 Å². The van der Waals surface area contributed by atoms with Gasteiger partial charge in [-0.25, -0.2) is 4.79 Å². The molecule has 0 aliphatic carbocycles. The highest BCUT2D eigenvalue weighted by atomic mass is 16.4. The Kier molecular flexibility index (Phi) is 8.42. The SMILES string of the molecule is O=C(O)N[C@@H](Cc1ccccc1)[C@@H](O)CNCCCCO. The number of aliphatic hydroxyl groups is 2. The first-order chi connectivity index (χ1) is 10.1. The molecule has 5 N–H and O–H groups in total. The lowest BCUT2D eigenvalue weighted by Crippen LogP contribution is -2.48. The van der Waals surface area contributed by atoms with Crippen molar-refractivity contribution in [1.29, 1.82) is 0 Å². The summed E-state index contributed by atoms with van der Waals surface area (Å²) in [6.07, 6.45) is 0.0147. The van der Waals surface area contributed by atoms with Crippen molar-refractivity contribution in [3.8, 4) is 0 Å². The fourth-order valence-electron chi connectivity index (χ4n) is 2.06. The Morgan fingerprint density at radius 3 is 2.52 bits per heavy atom. The summed E-state index contributed by atoms with van der Waals surface area (Å²) in [6, 6.07) is 8.90. The van der Waals surface area contributed by atoms with Gasteiger partial charge in [-0.15, -0.1) is 0 Å². The molecule has 0 saturated carbocycles. The van der Waals surface area contributed by atoms with Gasteiger partial charge in [0.15, 0.2) is 0 Å². The van der Waals surface area contributed by atoms with E-state index in [1.807, 2.05) is 30.3 Å². The van der Waals surface area contributed by atoms with Gasteiger partial charge in [-0.1, -0.05) is 30.3 Å². The first-order valence-electron chi connectivity index (χ1n) is 7.16. The second-order valence-corrected chi connectivity index (χ2v) is 4.95. The molecule has 21 heavy (non-hydrogen) atoms. The van der Waals surface area contributed by atoms with Crippen LogP contribution in [0, 0.1) is 0 Å². The molecule has 0 bridgehead atoms. The van der Waals surface area contributed by atoms with Crippen LogP contribution in [0.15, 0.2) is 30.3 Å². The maximum absolute atomic E-state index is 10.8. The minimum Gasteiger partial charge on any atom is -0.465 e. The highest BCUT2D eigenvalue weighted by Gasteiger charge is 2.21. The lowest BCUT2D eigenvalue weighted by Gasteiger charge is -2.23. The van der Waals surface area contributed by atoms with Crippen LogP contribution in [-0.2, 0) is 6.42 Å². The maximum Gasteiger partial charge on any atom is 0.404 e. The predicted octanol–water partition coefficient (Wildman–Crippen LogP) is 0.588. The number of carbonyl (C=O) groups is 1. The van der Waals surface area contributed by atoms with E-state index in [9.17, 15) is 9.90 Å². The van der Waals surface area contributed by atoms with Gasteiger partial charge in [-0.2, -0.15) is 0 Å². The molecule has 1 aromatic rings. The summed E-state index contributed by atoms with van der Waals surface area (Å²) in [7, 11) is 0. The van der Waals surface area contributed by atoms with Crippen molar-refractivity contribution in [2.24, 2.45) is 0 Å². The molecule has 2 atom stereocenters. The Morgan fingerprint density at radius 2 is 1.90 bits per heavy atom. The lowest BCUT2D eigenvalue weighted by molar-refractivity contribution is 0.118. The quantitative estimate of drug-likeness (QED) is 0.407. The van der Waals surface area contributed by atoms with Crippen molar-refractivity contribution in [3.63, 3.8) is 0 Å². The van der Waals surface area contributed by atoms with E-state index in [2.05, 4.69) is 10.6 Å². The molecule has 0 saturated heterocycles. The number of nitrogens with one attached hydrogen (secondary N) is 2. The summed E-state index contributed by atoms with van der Waals surface area (Å²) in [4.78, 5) is 10.8. The molecule has 0 fully saturated rings. The molecule has 1 rings (SSSR count). The van der Waals surface area contributed by atoms with Crippen molar-refractivity contribution < 1.29 is 20.1 Å². The zero-order valence-corrected chi connectivity index (χ0v) is 12.0. The number of aliphatic hydroxyl groups excluding tert-OH is 2. The second-order valence-electron chi connectivity index (χ2n) is 4.95. The molecule has 0 unspecified atom stereocenters. The first-order valence-corrected chi connectivity index (χ1v) is 7.16. The smallest absolute Gasteiger partial charge is 0.404 e. The van der Waals surface area contributed by atoms with E-state index in [1.54, 1.807) is 0 Å². The Bertz CT molecular complexity index is 400. The van der Waals surface area contributed by atoms with Gasteiger partial charge in [0, 0.05) is 13.2 Å². The zero-order chi connectivity index (χ0) is 15.5. The van der Waals surface area contributed by atoms with Gasteiger partial charge in [-0.05, 0) is 31.4 Å². The Balaban J connectivity index is 2.46. The summed E-state index contributed by atoms with van der Waals surface area (Å²) >= 11 is 0. The van der Waals surface area contributed by atoms with E-state index >= 15 is 0 Å². The lowest BCUT2D eigenvalue weighted by atomic mass is 10.0. The first kappa shape index (κ1) is 17.4. The van der Waals surface area contributed by atoms with Crippen LogP contribution in [-0.4, -0.2) is 53.3 Å². The Morgan fingerprint density at radius 1 is 1.19 bits per heavy atom. The number of rotatable bonds is 10. The number of hydrogen-bond donors (Lipinski definition) is 5. The Hall–Kier alpha value is -1.63. The van der Waals surface area contributed by atoms with Crippen LogP contribution in [0.3, 0.4) is 0 Å². The van der Waals surface area contributed by atoms with E-state index in [-0.39, 0.29) is 6.61 Å². The van der Waals surface area contributed by atoms with E-state index < -0.39 is 18.2 Å². The number of carboxylic acid groups (broad SMARTS) is 1. The monoisotopic (exact) mass is 296 g/mol. The molecule has 0 aromatic heterocycles. The fraction of sp³-hybridized carbons (Fsp3) is 0.533. The van der Waals surface area contributed by atoms with Crippen molar-refractivity contribution >= 4 is 6.09 Å². The van der Waals surface area contributed by atoms with E-state index in [1.165, 1.54) is 0 Å². The summed E-state index contributed by atoms with van der Waals surface area (Å²) in [5.74, 6) is 0. The van der Waals surface area contributed by atoms with Gasteiger partial charge in [0.05, 0.1) is 12.1 Å². The molecule has 0 spiro atoms. The van der Waals surface area contributed by atoms with Crippen LogP contribution >= 0.6 is 0 Å². The molecule has 6 heteroatoms.